The molecule has 1 heterocycles. The average molecular weight is 301 g/mol. The van der Waals surface area contributed by atoms with E-state index in [1.807, 2.05) is 0 Å². The van der Waals surface area contributed by atoms with Crippen LogP contribution < -0.4 is 0 Å². The summed E-state index contributed by atoms with van der Waals surface area (Å²) in [4.78, 5) is 15.3. The Morgan fingerprint density at radius 2 is 2.16 bits per heavy atom. The number of rotatable bonds is 4. The Kier molecular flexibility index (Phi) is 4.39. The summed E-state index contributed by atoms with van der Waals surface area (Å²) in [6.07, 6.45) is 0.389. The van der Waals surface area contributed by atoms with E-state index in [4.69, 9.17) is 32.5 Å². The summed E-state index contributed by atoms with van der Waals surface area (Å²) in [5, 5.41) is 4.63. The third-order valence-electron chi connectivity index (χ3n) is 2.26. The Hall–Kier alpha value is -1.59. The van der Waals surface area contributed by atoms with Crippen LogP contribution in [-0.2, 0) is 11.2 Å². The van der Waals surface area contributed by atoms with Crippen LogP contribution in [0.5, 0.6) is 0 Å². The van der Waals surface area contributed by atoms with E-state index >= 15 is 0 Å². The second-order valence-electron chi connectivity index (χ2n) is 3.66. The normalized spacial score (nSPS) is 10.5. The number of esters is 1. The van der Waals surface area contributed by atoms with Crippen molar-refractivity contribution in [3.05, 3.63) is 45.5 Å². The second-order valence-corrected chi connectivity index (χ2v) is 4.48. The average Bonchev–Trinajstić information content (AvgIpc) is 2.83. The van der Waals surface area contributed by atoms with Crippen molar-refractivity contribution in [1.29, 1.82) is 0 Å². The summed E-state index contributed by atoms with van der Waals surface area (Å²) in [6, 6.07) is 5.20. The van der Waals surface area contributed by atoms with Gasteiger partial charge in [-0.15, -0.1) is 0 Å². The zero-order chi connectivity index (χ0) is 13.8. The van der Waals surface area contributed by atoms with Gasteiger partial charge < -0.3 is 9.26 Å². The summed E-state index contributed by atoms with van der Waals surface area (Å²) in [7, 11) is 0. The molecule has 0 aliphatic rings. The Bertz CT molecular complexity index is 598. The minimum Gasteiger partial charge on any atom is -0.459 e. The topological polar surface area (TPSA) is 65.2 Å². The van der Waals surface area contributed by atoms with Crippen LogP contribution >= 0.6 is 23.2 Å². The number of benzene rings is 1. The molecular formula is C12H10Cl2N2O3. The van der Waals surface area contributed by atoms with Crippen molar-refractivity contribution in [1.82, 2.24) is 10.1 Å². The number of aromatic nitrogens is 2. The highest BCUT2D eigenvalue weighted by atomic mass is 35.5. The molecular weight excluding hydrogens is 291 g/mol. The molecule has 2 aromatic rings. The molecule has 0 aliphatic carbocycles. The molecule has 0 radical (unpaired) electrons. The predicted octanol–water partition coefficient (Wildman–Crippen LogP) is 3.14. The predicted molar refractivity (Wildman–Crippen MR) is 69.5 cm³/mol. The molecule has 0 amide bonds. The van der Waals surface area contributed by atoms with E-state index in [2.05, 4.69) is 10.1 Å². The number of carbonyl (C=O) groups is 1. The van der Waals surface area contributed by atoms with Crippen LogP contribution in [0, 0.1) is 0 Å². The molecule has 1 aromatic carbocycles. The number of hydrogen-bond acceptors (Lipinski definition) is 5. The summed E-state index contributed by atoms with van der Waals surface area (Å²) in [5.41, 5.74) is 0.866. The van der Waals surface area contributed by atoms with Crippen LogP contribution in [-0.4, -0.2) is 22.7 Å². The van der Waals surface area contributed by atoms with Gasteiger partial charge in [-0.05, 0) is 24.6 Å². The van der Waals surface area contributed by atoms with Gasteiger partial charge in [-0.3, -0.25) is 0 Å². The molecule has 0 saturated heterocycles. The van der Waals surface area contributed by atoms with Crippen molar-refractivity contribution in [2.45, 2.75) is 13.3 Å². The van der Waals surface area contributed by atoms with Crippen molar-refractivity contribution in [3.8, 4) is 0 Å². The highest BCUT2D eigenvalue weighted by molar-refractivity contribution is 6.42. The lowest BCUT2D eigenvalue weighted by Gasteiger charge is -1.99. The maximum Gasteiger partial charge on any atom is 0.397 e. The molecule has 0 aliphatic heterocycles. The SMILES string of the molecule is CCOC(=O)c1nc(Cc2ccc(Cl)c(Cl)c2)no1. The van der Waals surface area contributed by atoms with Crippen molar-refractivity contribution < 1.29 is 14.1 Å². The minimum atomic E-state index is -0.629. The zero-order valence-electron chi connectivity index (χ0n) is 10.0. The first-order valence-electron chi connectivity index (χ1n) is 5.53. The number of nitrogens with zero attached hydrogens (tertiary/aromatic N) is 2. The van der Waals surface area contributed by atoms with Gasteiger partial charge in [0.15, 0.2) is 5.82 Å². The lowest BCUT2D eigenvalue weighted by molar-refractivity contribution is 0.0470. The smallest absolute Gasteiger partial charge is 0.397 e. The molecule has 0 bridgehead atoms. The van der Waals surface area contributed by atoms with E-state index in [-0.39, 0.29) is 12.5 Å². The van der Waals surface area contributed by atoms with Gasteiger partial charge in [0.1, 0.15) is 0 Å². The van der Waals surface area contributed by atoms with Crippen molar-refractivity contribution in [2.75, 3.05) is 6.61 Å². The third-order valence-corrected chi connectivity index (χ3v) is 3.00. The molecule has 0 N–H and O–H groups in total. The lowest BCUT2D eigenvalue weighted by atomic mass is 10.1. The van der Waals surface area contributed by atoms with Crippen LogP contribution in [0.1, 0.15) is 29.0 Å². The van der Waals surface area contributed by atoms with Crippen molar-refractivity contribution in [3.63, 3.8) is 0 Å². The maximum atomic E-state index is 11.4. The molecule has 0 saturated carbocycles. The van der Waals surface area contributed by atoms with Gasteiger partial charge in [-0.2, -0.15) is 4.98 Å². The van der Waals surface area contributed by atoms with Crippen LogP contribution in [0.2, 0.25) is 10.0 Å². The van der Waals surface area contributed by atoms with E-state index in [1.54, 1.807) is 25.1 Å². The Balaban J connectivity index is 2.11. The Labute approximate surface area is 119 Å². The molecule has 2 rings (SSSR count). The molecule has 0 atom stereocenters. The Morgan fingerprint density at radius 1 is 1.37 bits per heavy atom. The molecule has 7 heteroatoms. The van der Waals surface area contributed by atoms with Crippen LogP contribution in [0.15, 0.2) is 22.7 Å². The monoisotopic (exact) mass is 300 g/mol. The van der Waals surface area contributed by atoms with Crippen molar-refractivity contribution in [2.24, 2.45) is 0 Å². The molecule has 0 unspecified atom stereocenters. The van der Waals surface area contributed by atoms with Gasteiger partial charge in [-0.25, -0.2) is 4.79 Å². The van der Waals surface area contributed by atoms with Gasteiger partial charge >= 0.3 is 11.9 Å². The van der Waals surface area contributed by atoms with E-state index in [0.29, 0.717) is 22.3 Å². The fourth-order valence-electron chi connectivity index (χ4n) is 1.43. The number of carbonyl (C=O) groups excluding carboxylic acids is 1. The van der Waals surface area contributed by atoms with Crippen LogP contribution in [0.3, 0.4) is 0 Å². The number of hydrogen-bond donors (Lipinski definition) is 0. The van der Waals surface area contributed by atoms with E-state index in [0.717, 1.165) is 5.56 Å². The summed E-state index contributed by atoms with van der Waals surface area (Å²) >= 11 is 11.7. The summed E-state index contributed by atoms with van der Waals surface area (Å²) < 4.78 is 9.56. The lowest BCUT2D eigenvalue weighted by Crippen LogP contribution is -2.05. The Morgan fingerprint density at radius 3 is 2.84 bits per heavy atom. The van der Waals surface area contributed by atoms with Crippen LogP contribution in [0.25, 0.3) is 0 Å². The maximum absolute atomic E-state index is 11.4. The molecule has 19 heavy (non-hydrogen) atoms. The first kappa shape index (κ1) is 13.8. The van der Waals surface area contributed by atoms with Gasteiger partial charge in [-0.1, -0.05) is 34.4 Å². The fourth-order valence-corrected chi connectivity index (χ4v) is 1.75. The van der Waals surface area contributed by atoms with Gasteiger partial charge in [0.2, 0.25) is 0 Å². The molecule has 5 nitrogen and oxygen atoms in total. The third kappa shape index (κ3) is 3.45. The van der Waals surface area contributed by atoms with Crippen LogP contribution in [0.4, 0.5) is 0 Å². The zero-order valence-corrected chi connectivity index (χ0v) is 11.5. The van der Waals surface area contributed by atoms with Crippen molar-refractivity contribution >= 4 is 29.2 Å². The standard InChI is InChI=1S/C12H10Cl2N2O3/c1-2-18-12(17)11-15-10(16-19-11)6-7-3-4-8(13)9(14)5-7/h3-5H,2,6H2,1H3. The van der Waals surface area contributed by atoms with E-state index in [1.165, 1.54) is 0 Å². The minimum absolute atomic E-state index is 0.156. The van der Waals surface area contributed by atoms with Gasteiger partial charge in [0, 0.05) is 6.42 Å². The van der Waals surface area contributed by atoms with Gasteiger partial charge in [0.25, 0.3) is 0 Å². The molecule has 0 fully saturated rings. The summed E-state index contributed by atoms with van der Waals surface area (Å²) in [5.74, 6) is -0.409. The highest BCUT2D eigenvalue weighted by Crippen LogP contribution is 2.23. The molecule has 0 spiro atoms. The second kappa shape index (κ2) is 6.04. The largest absolute Gasteiger partial charge is 0.459 e. The fraction of sp³-hybridized carbons (Fsp3) is 0.250. The highest BCUT2D eigenvalue weighted by Gasteiger charge is 2.16. The first-order chi connectivity index (χ1) is 9.10. The number of ether oxygens (including phenoxy) is 1. The van der Waals surface area contributed by atoms with Gasteiger partial charge in [0.05, 0.1) is 16.7 Å². The first-order valence-corrected chi connectivity index (χ1v) is 6.29. The molecule has 100 valence electrons. The quantitative estimate of drug-likeness (QED) is 0.812. The summed E-state index contributed by atoms with van der Waals surface area (Å²) in [6.45, 7) is 1.95. The van der Waals surface area contributed by atoms with E-state index < -0.39 is 5.97 Å². The number of halogens is 2. The molecule has 1 aromatic heterocycles. The van der Waals surface area contributed by atoms with E-state index in [9.17, 15) is 4.79 Å².